The van der Waals surface area contributed by atoms with Gasteiger partial charge in [0.1, 0.15) is 4.83 Å². The minimum Gasteiger partial charge on any atom is -0.454 e. The lowest BCUT2D eigenvalue weighted by atomic mass is 9.96. The molecule has 1 fully saturated rings. The highest BCUT2D eigenvalue weighted by atomic mass is 32.1. The van der Waals surface area contributed by atoms with Crippen LogP contribution in [0.4, 0.5) is 0 Å². The van der Waals surface area contributed by atoms with Crippen LogP contribution in [0.1, 0.15) is 32.1 Å². The van der Waals surface area contributed by atoms with Gasteiger partial charge in [-0.1, -0.05) is 0 Å². The molecule has 0 bridgehead atoms. The molecule has 0 aromatic carbocycles. The predicted molar refractivity (Wildman–Crippen MR) is 81.9 cm³/mol. The maximum absolute atomic E-state index is 12.2. The van der Waals surface area contributed by atoms with Crippen LogP contribution in [0.5, 0.6) is 0 Å². The summed E-state index contributed by atoms with van der Waals surface area (Å²) in [4.78, 5) is 40.5. The van der Waals surface area contributed by atoms with Gasteiger partial charge in [-0.2, -0.15) is 0 Å². The Labute approximate surface area is 130 Å². The van der Waals surface area contributed by atoms with Crippen molar-refractivity contribution in [1.82, 2.24) is 9.55 Å². The number of carbonyl (C=O) groups is 2. The number of fused-ring (bicyclic) bond motifs is 1. The van der Waals surface area contributed by atoms with E-state index in [1.54, 1.807) is 6.07 Å². The molecule has 22 heavy (non-hydrogen) atoms. The van der Waals surface area contributed by atoms with E-state index in [1.807, 2.05) is 5.38 Å². The molecule has 0 N–H and O–H groups in total. The van der Waals surface area contributed by atoms with Gasteiger partial charge in [-0.05, 0) is 30.7 Å². The maximum Gasteiger partial charge on any atom is 0.308 e. The van der Waals surface area contributed by atoms with Crippen molar-refractivity contribution in [2.75, 3.05) is 0 Å². The van der Waals surface area contributed by atoms with Gasteiger partial charge in [0.15, 0.2) is 11.9 Å². The first kappa shape index (κ1) is 14.9. The Morgan fingerprint density at radius 3 is 3.09 bits per heavy atom. The van der Waals surface area contributed by atoms with Crippen LogP contribution < -0.4 is 5.56 Å². The van der Waals surface area contributed by atoms with Crippen LogP contribution in [0, 0.1) is 0 Å². The van der Waals surface area contributed by atoms with E-state index in [9.17, 15) is 14.4 Å². The van der Waals surface area contributed by atoms with Crippen molar-refractivity contribution in [2.45, 2.75) is 44.8 Å². The molecular weight excluding hydrogens is 304 g/mol. The fourth-order valence-corrected chi connectivity index (χ4v) is 3.28. The van der Waals surface area contributed by atoms with Crippen molar-refractivity contribution in [3.63, 3.8) is 0 Å². The number of Topliss-reactive ketones (excluding diaryl/α,β-unsaturated/α-hetero) is 1. The molecule has 2 heterocycles. The predicted octanol–water partition coefficient (Wildman–Crippen LogP) is 1.90. The zero-order valence-corrected chi connectivity index (χ0v) is 12.8. The fourth-order valence-electron chi connectivity index (χ4n) is 2.56. The average molecular weight is 320 g/mol. The lowest BCUT2D eigenvalue weighted by Crippen LogP contribution is -2.31. The third-order valence-electron chi connectivity index (χ3n) is 3.78. The third-order valence-corrected chi connectivity index (χ3v) is 4.60. The van der Waals surface area contributed by atoms with E-state index in [1.165, 1.54) is 22.2 Å². The number of hydrogen-bond acceptors (Lipinski definition) is 6. The first-order chi connectivity index (χ1) is 10.6. The zero-order valence-electron chi connectivity index (χ0n) is 12.0. The van der Waals surface area contributed by atoms with Crippen LogP contribution in [0.25, 0.3) is 10.2 Å². The molecule has 0 spiro atoms. The molecule has 3 rings (SSSR count). The van der Waals surface area contributed by atoms with Gasteiger partial charge >= 0.3 is 5.97 Å². The van der Waals surface area contributed by atoms with Gasteiger partial charge < -0.3 is 4.74 Å². The van der Waals surface area contributed by atoms with Crippen molar-refractivity contribution in [2.24, 2.45) is 0 Å². The lowest BCUT2D eigenvalue weighted by molar-refractivity contribution is -0.157. The normalized spacial score (nSPS) is 18.5. The third kappa shape index (κ3) is 3.09. The molecule has 0 radical (unpaired) electrons. The Kier molecular flexibility index (Phi) is 4.33. The minimum atomic E-state index is -0.601. The summed E-state index contributed by atoms with van der Waals surface area (Å²) in [5, 5.41) is 2.37. The van der Waals surface area contributed by atoms with Crippen molar-refractivity contribution in [3.05, 3.63) is 28.1 Å². The number of carbonyl (C=O) groups excluding carboxylic acids is 2. The number of thiophene rings is 1. The molecular formula is C15H16N2O4S. The second-order valence-electron chi connectivity index (χ2n) is 5.32. The van der Waals surface area contributed by atoms with E-state index in [4.69, 9.17) is 4.74 Å². The second kappa shape index (κ2) is 6.39. The average Bonchev–Trinajstić information content (AvgIpc) is 2.98. The van der Waals surface area contributed by atoms with E-state index in [0.717, 1.165) is 12.8 Å². The first-order valence-electron chi connectivity index (χ1n) is 7.30. The standard InChI is InChI=1S/C15H16N2O4S/c18-11-3-1-2-4-12(11)21-13(19)5-7-17-9-16-14-10(15(17)20)6-8-22-14/h6,8-9,12H,1-5,7H2. The van der Waals surface area contributed by atoms with Gasteiger partial charge in [0.25, 0.3) is 5.56 Å². The SMILES string of the molecule is O=C(CCn1cnc2sccc2c1=O)OC1CCCCC1=O. The number of hydrogen-bond donors (Lipinski definition) is 0. The van der Waals surface area contributed by atoms with Crippen LogP contribution in [0.3, 0.4) is 0 Å². The summed E-state index contributed by atoms with van der Waals surface area (Å²) in [6.07, 6.45) is 3.76. The Bertz CT molecular complexity index is 764. The number of rotatable bonds is 4. The summed E-state index contributed by atoms with van der Waals surface area (Å²) in [7, 11) is 0. The van der Waals surface area contributed by atoms with Crippen LogP contribution in [-0.4, -0.2) is 27.4 Å². The van der Waals surface area contributed by atoms with Gasteiger partial charge in [-0.3, -0.25) is 19.0 Å². The summed E-state index contributed by atoms with van der Waals surface area (Å²) in [6.45, 7) is 0.206. The molecule has 1 unspecified atom stereocenters. The van der Waals surface area contributed by atoms with Gasteiger partial charge in [0.2, 0.25) is 0 Å². The maximum atomic E-state index is 12.2. The molecule has 0 aliphatic heterocycles. The van der Waals surface area contributed by atoms with E-state index in [0.29, 0.717) is 23.1 Å². The van der Waals surface area contributed by atoms with Gasteiger partial charge in [0, 0.05) is 13.0 Å². The molecule has 2 aromatic rings. The Morgan fingerprint density at radius 2 is 2.27 bits per heavy atom. The summed E-state index contributed by atoms with van der Waals surface area (Å²) in [5.74, 6) is -0.448. The molecule has 116 valence electrons. The van der Waals surface area contributed by atoms with Crippen LogP contribution in [-0.2, 0) is 20.9 Å². The molecule has 1 aliphatic rings. The van der Waals surface area contributed by atoms with Crippen LogP contribution in [0.2, 0.25) is 0 Å². The van der Waals surface area contributed by atoms with Gasteiger partial charge in [-0.15, -0.1) is 11.3 Å². The fraction of sp³-hybridized carbons (Fsp3) is 0.467. The zero-order chi connectivity index (χ0) is 15.5. The summed E-state index contributed by atoms with van der Waals surface area (Å²) < 4.78 is 6.62. The van der Waals surface area contributed by atoms with Crippen molar-refractivity contribution in [3.8, 4) is 0 Å². The quantitative estimate of drug-likeness (QED) is 0.804. The number of ether oxygens (including phenoxy) is 1. The number of ketones is 1. The van der Waals surface area contributed by atoms with E-state index in [2.05, 4.69) is 4.98 Å². The van der Waals surface area contributed by atoms with Crippen LogP contribution >= 0.6 is 11.3 Å². The van der Waals surface area contributed by atoms with Crippen molar-refractivity contribution in [1.29, 1.82) is 0 Å². The Morgan fingerprint density at radius 1 is 1.41 bits per heavy atom. The molecule has 0 amide bonds. The van der Waals surface area contributed by atoms with E-state index >= 15 is 0 Å². The first-order valence-corrected chi connectivity index (χ1v) is 8.18. The summed E-state index contributed by atoms with van der Waals surface area (Å²) >= 11 is 1.40. The molecule has 6 nitrogen and oxygen atoms in total. The Balaban J connectivity index is 1.61. The highest BCUT2D eigenvalue weighted by Gasteiger charge is 2.25. The monoisotopic (exact) mass is 320 g/mol. The highest BCUT2D eigenvalue weighted by molar-refractivity contribution is 7.16. The highest BCUT2D eigenvalue weighted by Crippen LogP contribution is 2.18. The van der Waals surface area contributed by atoms with Crippen molar-refractivity contribution >= 4 is 33.3 Å². The number of aromatic nitrogens is 2. The Hall–Kier alpha value is -2.02. The molecule has 0 saturated heterocycles. The molecule has 1 saturated carbocycles. The summed E-state index contributed by atoms with van der Waals surface area (Å²) in [5.41, 5.74) is -0.159. The number of nitrogens with zero attached hydrogens (tertiary/aromatic N) is 2. The van der Waals surface area contributed by atoms with Crippen molar-refractivity contribution < 1.29 is 14.3 Å². The van der Waals surface area contributed by atoms with Gasteiger partial charge in [-0.25, -0.2) is 4.98 Å². The smallest absolute Gasteiger partial charge is 0.308 e. The van der Waals surface area contributed by atoms with E-state index in [-0.39, 0.29) is 24.3 Å². The molecule has 1 aliphatic carbocycles. The summed E-state index contributed by atoms with van der Waals surface area (Å²) in [6, 6.07) is 1.73. The molecule has 7 heteroatoms. The van der Waals surface area contributed by atoms with E-state index < -0.39 is 12.1 Å². The van der Waals surface area contributed by atoms with Gasteiger partial charge in [0.05, 0.1) is 18.1 Å². The topological polar surface area (TPSA) is 78.3 Å². The number of esters is 1. The molecule has 2 aromatic heterocycles. The minimum absolute atomic E-state index is 0.00173. The second-order valence-corrected chi connectivity index (χ2v) is 6.22. The van der Waals surface area contributed by atoms with Crippen LogP contribution in [0.15, 0.2) is 22.6 Å². The molecule has 1 atom stereocenters. The number of aryl methyl sites for hydroxylation is 1. The lowest BCUT2D eigenvalue weighted by Gasteiger charge is -2.20. The largest absolute Gasteiger partial charge is 0.454 e.